The van der Waals surface area contributed by atoms with E-state index in [1.54, 1.807) is 0 Å². The van der Waals surface area contributed by atoms with Crippen LogP contribution in [0.5, 0.6) is 0 Å². The van der Waals surface area contributed by atoms with Crippen LogP contribution in [0.1, 0.15) is 46.9 Å². The summed E-state index contributed by atoms with van der Waals surface area (Å²) in [6.45, 7) is 2.03. The van der Waals surface area contributed by atoms with Gasteiger partial charge in [-0.2, -0.15) is 0 Å². The van der Waals surface area contributed by atoms with E-state index in [-0.39, 0.29) is 28.6 Å². The lowest BCUT2D eigenvalue weighted by molar-refractivity contribution is -0.122. The second kappa shape index (κ2) is 5.74. The van der Waals surface area contributed by atoms with Crippen molar-refractivity contribution in [3.8, 4) is 0 Å². The minimum absolute atomic E-state index is 0.0179. The van der Waals surface area contributed by atoms with E-state index in [4.69, 9.17) is 10.2 Å². The summed E-state index contributed by atoms with van der Waals surface area (Å²) in [4.78, 5) is 48.7. The van der Waals surface area contributed by atoms with Crippen molar-refractivity contribution in [1.29, 1.82) is 0 Å². The topological polar surface area (TPSA) is 112 Å². The van der Waals surface area contributed by atoms with Crippen molar-refractivity contribution in [3.05, 3.63) is 29.3 Å². The fourth-order valence-electron chi connectivity index (χ4n) is 3.63. The molecular weight excluding hydrogens is 314 g/mol. The Morgan fingerprint density at radius 1 is 0.958 bits per heavy atom. The number of hydrogen-bond donors (Lipinski definition) is 2. The molecule has 24 heavy (non-hydrogen) atoms. The molecule has 3 rings (SSSR count). The van der Waals surface area contributed by atoms with Crippen LogP contribution in [0.25, 0.3) is 0 Å². The van der Waals surface area contributed by atoms with Crippen LogP contribution >= 0.6 is 0 Å². The fourth-order valence-corrected chi connectivity index (χ4v) is 3.63. The van der Waals surface area contributed by atoms with Gasteiger partial charge in [0.2, 0.25) is 11.8 Å². The van der Waals surface area contributed by atoms with E-state index >= 15 is 0 Å². The average molecular weight is 331 g/mol. The highest BCUT2D eigenvalue weighted by molar-refractivity contribution is 6.22. The van der Waals surface area contributed by atoms with E-state index in [1.165, 1.54) is 12.1 Å². The third-order valence-electron chi connectivity index (χ3n) is 4.86. The number of carbonyl (C=O) groups excluding carboxylic acids is 2. The van der Waals surface area contributed by atoms with Gasteiger partial charge in [0.1, 0.15) is 0 Å². The Hall–Kier alpha value is -2.70. The van der Waals surface area contributed by atoms with Crippen LogP contribution in [0.4, 0.5) is 5.69 Å². The summed E-state index contributed by atoms with van der Waals surface area (Å²) < 4.78 is 0. The highest BCUT2D eigenvalue weighted by Crippen LogP contribution is 2.42. The smallest absolute Gasteiger partial charge is 0.335 e. The van der Waals surface area contributed by atoms with Gasteiger partial charge in [-0.3, -0.25) is 14.5 Å². The summed E-state index contributed by atoms with van der Waals surface area (Å²) in [7, 11) is 0. The Balaban J connectivity index is 2.05. The van der Waals surface area contributed by atoms with Gasteiger partial charge in [-0.05, 0) is 43.4 Å². The number of hydrogen-bond acceptors (Lipinski definition) is 4. The van der Waals surface area contributed by atoms with Gasteiger partial charge in [0.05, 0.1) is 28.7 Å². The molecule has 1 aliphatic carbocycles. The summed E-state index contributed by atoms with van der Waals surface area (Å²) >= 11 is 0. The van der Waals surface area contributed by atoms with Crippen molar-refractivity contribution in [2.24, 2.45) is 17.8 Å². The molecule has 1 aromatic rings. The zero-order valence-electron chi connectivity index (χ0n) is 13.1. The molecule has 3 atom stereocenters. The highest BCUT2D eigenvalue weighted by Gasteiger charge is 2.50. The monoisotopic (exact) mass is 331 g/mol. The van der Waals surface area contributed by atoms with Crippen LogP contribution in [0.3, 0.4) is 0 Å². The molecule has 0 radical (unpaired) electrons. The fraction of sp³-hybridized carbons (Fsp3) is 0.412. The van der Waals surface area contributed by atoms with Crippen molar-refractivity contribution in [1.82, 2.24) is 0 Å². The number of nitrogens with zero attached hydrogens (tertiary/aromatic N) is 1. The second-order valence-electron chi connectivity index (χ2n) is 6.52. The number of carboxylic acid groups (broad SMARTS) is 2. The van der Waals surface area contributed by atoms with Gasteiger partial charge in [0, 0.05) is 0 Å². The lowest BCUT2D eigenvalue weighted by atomic mass is 9.76. The zero-order chi connectivity index (χ0) is 17.6. The molecule has 2 amide bonds. The van der Waals surface area contributed by atoms with Gasteiger partial charge in [0.15, 0.2) is 0 Å². The summed E-state index contributed by atoms with van der Waals surface area (Å²) in [6.07, 6.45) is 2.11. The third kappa shape index (κ3) is 2.55. The molecule has 2 fully saturated rings. The minimum Gasteiger partial charge on any atom is -0.478 e. The molecule has 7 heteroatoms. The van der Waals surface area contributed by atoms with E-state index in [0.29, 0.717) is 18.8 Å². The maximum atomic E-state index is 12.7. The maximum absolute atomic E-state index is 12.7. The number of benzene rings is 1. The van der Waals surface area contributed by atoms with E-state index < -0.39 is 23.8 Å². The van der Waals surface area contributed by atoms with Gasteiger partial charge in [0.25, 0.3) is 0 Å². The van der Waals surface area contributed by atoms with Crippen LogP contribution in [-0.4, -0.2) is 34.0 Å². The quantitative estimate of drug-likeness (QED) is 0.819. The zero-order valence-corrected chi connectivity index (χ0v) is 13.1. The predicted molar refractivity (Wildman–Crippen MR) is 82.8 cm³/mol. The van der Waals surface area contributed by atoms with Crippen LogP contribution in [-0.2, 0) is 9.59 Å². The Morgan fingerprint density at radius 3 is 2.04 bits per heavy atom. The molecule has 2 N–H and O–H groups in total. The maximum Gasteiger partial charge on any atom is 0.335 e. The molecule has 1 aliphatic heterocycles. The third-order valence-corrected chi connectivity index (χ3v) is 4.86. The molecule has 2 aliphatic rings. The SMILES string of the molecule is CC1CCC2C(=O)N(c3cc(C(=O)O)cc(C(=O)O)c3)C(=O)C2C1. The Labute approximate surface area is 137 Å². The number of carboxylic acids is 2. The van der Waals surface area contributed by atoms with Gasteiger partial charge < -0.3 is 10.2 Å². The van der Waals surface area contributed by atoms with Crippen LogP contribution in [0, 0.1) is 17.8 Å². The molecule has 0 aromatic heterocycles. The number of anilines is 1. The first-order chi connectivity index (χ1) is 11.3. The first kappa shape index (κ1) is 16.2. The van der Waals surface area contributed by atoms with Crippen LogP contribution < -0.4 is 4.90 Å². The van der Waals surface area contributed by atoms with Crippen molar-refractivity contribution in [2.75, 3.05) is 4.90 Å². The Morgan fingerprint density at radius 2 is 1.50 bits per heavy atom. The molecule has 1 aromatic carbocycles. The lowest BCUT2D eigenvalue weighted by Crippen LogP contribution is -2.31. The molecule has 1 saturated carbocycles. The second-order valence-corrected chi connectivity index (χ2v) is 6.52. The summed E-state index contributed by atoms with van der Waals surface area (Å²) in [5.74, 6) is -3.80. The van der Waals surface area contributed by atoms with Crippen molar-refractivity contribution >= 4 is 29.4 Å². The molecule has 0 spiro atoms. The number of fused-ring (bicyclic) bond motifs is 1. The molecule has 126 valence electrons. The summed E-state index contributed by atoms with van der Waals surface area (Å²) in [5, 5.41) is 18.3. The van der Waals surface area contributed by atoms with E-state index in [1.807, 2.05) is 6.92 Å². The number of rotatable bonds is 3. The van der Waals surface area contributed by atoms with Gasteiger partial charge >= 0.3 is 11.9 Å². The highest BCUT2D eigenvalue weighted by atomic mass is 16.4. The van der Waals surface area contributed by atoms with Crippen molar-refractivity contribution < 1.29 is 29.4 Å². The number of carbonyl (C=O) groups is 4. The first-order valence-corrected chi connectivity index (χ1v) is 7.79. The Kier molecular flexibility index (Phi) is 3.87. The predicted octanol–water partition coefficient (Wildman–Crippen LogP) is 2.01. The number of amides is 2. The van der Waals surface area contributed by atoms with Gasteiger partial charge in [-0.1, -0.05) is 6.92 Å². The van der Waals surface area contributed by atoms with Gasteiger partial charge in [-0.25, -0.2) is 9.59 Å². The molecule has 3 unspecified atom stereocenters. The largest absolute Gasteiger partial charge is 0.478 e. The first-order valence-electron chi connectivity index (χ1n) is 7.79. The normalized spacial score (nSPS) is 26.4. The van der Waals surface area contributed by atoms with Crippen LogP contribution in [0.2, 0.25) is 0 Å². The van der Waals surface area contributed by atoms with E-state index in [2.05, 4.69) is 0 Å². The van der Waals surface area contributed by atoms with Gasteiger partial charge in [-0.15, -0.1) is 0 Å². The summed E-state index contributed by atoms with van der Waals surface area (Å²) in [6, 6.07) is 3.35. The summed E-state index contributed by atoms with van der Waals surface area (Å²) in [5.41, 5.74) is -0.521. The molecule has 7 nitrogen and oxygen atoms in total. The molecule has 1 heterocycles. The number of imide groups is 1. The van der Waals surface area contributed by atoms with E-state index in [0.717, 1.165) is 17.4 Å². The van der Waals surface area contributed by atoms with Crippen molar-refractivity contribution in [3.63, 3.8) is 0 Å². The average Bonchev–Trinajstić information content (AvgIpc) is 2.77. The molecular formula is C17H17NO6. The minimum atomic E-state index is -1.32. The van der Waals surface area contributed by atoms with Crippen molar-refractivity contribution in [2.45, 2.75) is 26.2 Å². The molecule has 1 saturated heterocycles. The van der Waals surface area contributed by atoms with E-state index in [9.17, 15) is 19.2 Å². The molecule has 0 bridgehead atoms. The standard InChI is InChI=1S/C17H17NO6/c1-8-2-3-12-13(4-8)15(20)18(14(12)19)11-6-9(16(21)22)5-10(7-11)17(23)24/h5-8,12-13H,2-4H2,1H3,(H,21,22)(H,23,24). The Bertz CT molecular complexity index is 723. The van der Waals surface area contributed by atoms with Crippen LogP contribution in [0.15, 0.2) is 18.2 Å². The lowest BCUT2D eigenvalue weighted by Gasteiger charge is -2.25. The number of aromatic carboxylic acids is 2.